The highest BCUT2D eigenvalue weighted by atomic mass is 28.4. The lowest BCUT2D eigenvalue weighted by atomic mass is 10.1. The fourth-order valence-corrected chi connectivity index (χ4v) is 2.39. The number of carbonyl (C=O) groups excluding carboxylic acids is 1. The summed E-state index contributed by atoms with van der Waals surface area (Å²) in [7, 11) is -0.428. The van der Waals surface area contributed by atoms with Crippen LogP contribution in [-0.4, -0.2) is 27.0 Å². The summed E-state index contributed by atoms with van der Waals surface area (Å²) in [6.45, 7) is 11.6. The lowest BCUT2D eigenvalue weighted by Gasteiger charge is -2.29. The van der Waals surface area contributed by atoms with Crippen molar-refractivity contribution in [2.45, 2.75) is 32.2 Å². The van der Waals surface area contributed by atoms with Crippen molar-refractivity contribution < 1.29 is 14.0 Å². The normalized spacial score (nSPS) is 14.5. The fraction of sp³-hybridized carbons (Fsp3) is 0.545. The zero-order valence-corrected chi connectivity index (χ0v) is 11.0. The van der Waals surface area contributed by atoms with Gasteiger partial charge in [-0.2, -0.15) is 0 Å². The van der Waals surface area contributed by atoms with E-state index in [1.807, 2.05) is 0 Å². The summed E-state index contributed by atoms with van der Waals surface area (Å²) in [6.07, 6.45) is 1.60. The minimum atomic E-state index is -1.72. The number of hydrogen-bond acceptors (Lipinski definition) is 3. The molecule has 0 saturated carbocycles. The lowest BCUT2D eigenvalue weighted by molar-refractivity contribution is -0.133. The third kappa shape index (κ3) is 6.10. The van der Waals surface area contributed by atoms with Crippen molar-refractivity contribution in [3.8, 4) is 11.8 Å². The summed E-state index contributed by atoms with van der Waals surface area (Å²) in [5, 5.41) is 0. The monoisotopic (exact) mass is 226 g/mol. The maximum atomic E-state index is 10.9. The van der Waals surface area contributed by atoms with E-state index in [1.54, 1.807) is 13.0 Å². The average Bonchev–Trinajstić information content (AvgIpc) is 2.11. The molecule has 15 heavy (non-hydrogen) atoms. The molecule has 0 aliphatic rings. The van der Waals surface area contributed by atoms with Crippen LogP contribution in [0.5, 0.6) is 0 Å². The molecule has 0 fully saturated rings. The first kappa shape index (κ1) is 13.9. The van der Waals surface area contributed by atoms with Gasteiger partial charge < -0.3 is 9.16 Å². The first-order valence-corrected chi connectivity index (χ1v) is 8.08. The largest absolute Gasteiger partial charge is 0.459 e. The van der Waals surface area contributed by atoms with E-state index in [2.05, 4.69) is 42.8 Å². The van der Waals surface area contributed by atoms with Gasteiger partial charge in [-0.1, -0.05) is 12.5 Å². The first-order chi connectivity index (χ1) is 6.72. The Hall–Kier alpha value is -1.05. The van der Waals surface area contributed by atoms with E-state index in [0.717, 1.165) is 0 Å². The van der Waals surface area contributed by atoms with E-state index in [-0.39, 0.29) is 0 Å². The van der Waals surface area contributed by atoms with Gasteiger partial charge in [0.05, 0.1) is 7.11 Å². The Bertz CT molecular complexity index is 306. The average molecular weight is 226 g/mol. The molecule has 0 aliphatic heterocycles. The Labute approximate surface area is 92.6 Å². The summed E-state index contributed by atoms with van der Waals surface area (Å²) in [5.41, 5.74) is -0.779. The van der Waals surface area contributed by atoms with Crippen LogP contribution in [0, 0.1) is 11.8 Å². The van der Waals surface area contributed by atoms with Crippen LogP contribution in [-0.2, 0) is 14.0 Å². The number of methoxy groups -OCH3 is 1. The van der Waals surface area contributed by atoms with Gasteiger partial charge in [0.2, 0.25) is 0 Å². The van der Waals surface area contributed by atoms with Gasteiger partial charge in [-0.3, -0.25) is 0 Å². The third-order valence-electron chi connectivity index (χ3n) is 1.51. The van der Waals surface area contributed by atoms with Crippen LogP contribution in [0.15, 0.2) is 12.7 Å². The molecule has 0 bridgehead atoms. The van der Waals surface area contributed by atoms with Gasteiger partial charge in [-0.05, 0) is 32.6 Å². The molecule has 0 aromatic heterocycles. The molecule has 84 valence electrons. The summed E-state index contributed by atoms with van der Waals surface area (Å²) in [5.74, 6) is 4.52. The highest BCUT2D eigenvalue weighted by Crippen LogP contribution is 2.17. The Morgan fingerprint density at radius 1 is 1.47 bits per heavy atom. The van der Waals surface area contributed by atoms with E-state index >= 15 is 0 Å². The smallest absolute Gasteiger partial charge is 0.384 e. The first-order valence-electron chi connectivity index (χ1n) is 4.67. The van der Waals surface area contributed by atoms with Crippen molar-refractivity contribution >= 4 is 14.3 Å². The molecule has 0 aromatic carbocycles. The van der Waals surface area contributed by atoms with Crippen LogP contribution in [0.4, 0.5) is 0 Å². The molecule has 0 N–H and O–H groups in total. The molecule has 0 aliphatic carbocycles. The number of ether oxygens (including phenoxy) is 1. The highest BCUT2D eigenvalue weighted by molar-refractivity contribution is 6.69. The maximum Gasteiger partial charge on any atom is 0.384 e. The van der Waals surface area contributed by atoms with Gasteiger partial charge >= 0.3 is 5.97 Å². The molecular formula is C11H18O3Si. The summed E-state index contributed by atoms with van der Waals surface area (Å²) in [4.78, 5) is 10.9. The minimum absolute atomic E-state index is 0.567. The third-order valence-corrected chi connectivity index (χ3v) is 2.54. The SMILES string of the molecule is C=C[C@](C)(C#CC(=O)OC)O[Si](C)(C)C. The summed E-state index contributed by atoms with van der Waals surface area (Å²) >= 11 is 0. The van der Waals surface area contributed by atoms with Crippen LogP contribution >= 0.6 is 0 Å². The number of esters is 1. The molecule has 0 heterocycles. The molecule has 4 heteroatoms. The van der Waals surface area contributed by atoms with Crippen molar-refractivity contribution in [1.82, 2.24) is 0 Å². The Kier molecular flexibility index (Phi) is 4.79. The zero-order valence-electron chi connectivity index (χ0n) is 10.0. The molecule has 1 atom stereocenters. The van der Waals surface area contributed by atoms with Crippen molar-refractivity contribution in [2.75, 3.05) is 7.11 Å². The predicted molar refractivity (Wildman–Crippen MR) is 62.8 cm³/mol. The Morgan fingerprint density at radius 2 is 2.00 bits per heavy atom. The molecule has 0 unspecified atom stereocenters. The fourth-order valence-electron chi connectivity index (χ4n) is 0.980. The molecule has 3 nitrogen and oxygen atoms in total. The van der Waals surface area contributed by atoms with Gasteiger partial charge in [-0.15, -0.1) is 0 Å². The van der Waals surface area contributed by atoms with Gasteiger partial charge in [0.25, 0.3) is 0 Å². The van der Waals surface area contributed by atoms with Crippen molar-refractivity contribution in [2.24, 2.45) is 0 Å². The van der Waals surface area contributed by atoms with E-state index < -0.39 is 19.9 Å². The Morgan fingerprint density at radius 3 is 2.33 bits per heavy atom. The van der Waals surface area contributed by atoms with Crippen molar-refractivity contribution in [3.05, 3.63) is 12.7 Å². The molecule has 0 rings (SSSR count). The van der Waals surface area contributed by atoms with Crippen molar-refractivity contribution in [1.29, 1.82) is 0 Å². The Balaban J connectivity index is 4.77. The lowest BCUT2D eigenvalue weighted by Crippen LogP contribution is -2.38. The van der Waals surface area contributed by atoms with Gasteiger partial charge in [-0.25, -0.2) is 4.79 Å². The summed E-state index contributed by atoms with van der Waals surface area (Å²) in [6, 6.07) is 0. The van der Waals surface area contributed by atoms with Crippen LogP contribution in [0.1, 0.15) is 6.92 Å². The second kappa shape index (κ2) is 5.15. The summed E-state index contributed by atoms with van der Waals surface area (Å²) < 4.78 is 10.2. The van der Waals surface area contributed by atoms with E-state index in [0.29, 0.717) is 0 Å². The second-order valence-corrected chi connectivity index (χ2v) is 8.70. The van der Waals surface area contributed by atoms with Crippen molar-refractivity contribution in [3.63, 3.8) is 0 Å². The maximum absolute atomic E-state index is 10.9. The molecular weight excluding hydrogens is 208 g/mol. The minimum Gasteiger partial charge on any atom is -0.459 e. The van der Waals surface area contributed by atoms with Gasteiger partial charge in [0, 0.05) is 5.92 Å². The topological polar surface area (TPSA) is 35.5 Å². The number of hydrogen-bond donors (Lipinski definition) is 0. The van der Waals surface area contributed by atoms with Crippen LogP contribution in [0.3, 0.4) is 0 Å². The van der Waals surface area contributed by atoms with Crippen LogP contribution in [0.25, 0.3) is 0 Å². The molecule has 0 aromatic rings. The van der Waals surface area contributed by atoms with E-state index in [4.69, 9.17) is 4.43 Å². The highest BCUT2D eigenvalue weighted by Gasteiger charge is 2.27. The molecule has 0 amide bonds. The van der Waals surface area contributed by atoms with E-state index in [1.165, 1.54) is 7.11 Å². The zero-order chi connectivity index (χ0) is 12.1. The van der Waals surface area contributed by atoms with Gasteiger partial charge in [0.15, 0.2) is 8.32 Å². The molecule has 0 spiro atoms. The second-order valence-electron chi connectivity index (χ2n) is 4.27. The quantitative estimate of drug-likeness (QED) is 0.243. The van der Waals surface area contributed by atoms with E-state index in [9.17, 15) is 4.79 Å². The predicted octanol–water partition coefficient (Wildman–Crippen LogP) is 1.96. The molecule has 0 saturated heterocycles. The number of carbonyl (C=O) groups is 1. The standard InChI is InChI=1S/C11H18O3Si/c1-7-11(2,14-15(4,5)6)9-8-10(12)13-3/h7H,1H2,2-6H3/t11-/m1/s1. The number of rotatable bonds is 3. The van der Waals surface area contributed by atoms with Gasteiger partial charge in [0.1, 0.15) is 5.60 Å². The van der Waals surface area contributed by atoms with Crippen LogP contribution < -0.4 is 0 Å². The van der Waals surface area contributed by atoms with Crippen LogP contribution in [0.2, 0.25) is 19.6 Å². The molecule has 0 radical (unpaired) electrons.